The van der Waals surface area contributed by atoms with E-state index in [4.69, 9.17) is 9.15 Å². The van der Waals surface area contributed by atoms with Crippen molar-refractivity contribution >= 4 is 9.84 Å². The van der Waals surface area contributed by atoms with Crippen LogP contribution in [-0.2, 0) is 22.9 Å². The average molecular weight is 413 g/mol. The molecule has 0 N–H and O–H groups in total. The molecule has 7 heteroatoms. The van der Waals surface area contributed by atoms with Crippen molar-refractivity contribution in [1.82, 2.24) is 9.88 Å². The molecule has 2 aromatic carbocycles. The topological polar surface area (TPSA) is 72.6 Å². The van der Waals surface area contributed by atoms with Crippen LogP contribution in [0.1, 0.15) is 17.9 Å². The maximum atomic E-state index is 12.0. The molecular formula is C22H24N2O4S. The summed E-state index contributed by atoms with van der Waals surface area (Å²) < 4.78 is 35.3. The largest absolute Gasteiger partial charge is 0.497 e. The standard InChI is InChI=1S/C22H24N2O4S/c1-27-20-9-7-17(8-10-20)14-24(19-11-12-29(25,26)16-19)15-22-23-13-21(28-22)18-5-3-2-4-6-18/h2-10,13,19H,11-12,14-16H2,1H3. The minimum Gasteiger partial charge on any atom is -0.497 e. The van der Waals surface area contributed by atoms with Crippen molar-refractivity contribution in [2.24, 2.45) is 0 Å². The van der Waals surface area contributed by atoms with Crippen LogP contribution in [0.5, 0.6) is 5.75 Å². The predicted molar refractivity (Wildman–Crippen MR) is 111 cm³/mol. The quantitative estimate of drug-likeness (QED) is 0.591. The first-order valence-corrected chi connectivity index (χ1v) is 11.4. The van der Waals surface area contributed by atoms with E-state index in [9.17, 15) is 8.42 Å². The summed E-state index contributed by atoms with van der Waals surface area (Å²) in [4.78, 5) is 6.58. The van der Waals surface area contributed by atoms with Gasteiger partial charge in [0, 0.05) is 18.2 Å². The van der Waals surface area contributed by atoms with Gasteiger partial charge in [0.2, 0.25) is 5.89 Å². The fourth-order valence-electron chi connectivity index (χ4n) is 3.64. The van der Waals surface area contributed by atoms with Gasteiger partial charge in [-0.25, -0.2) is 13.4 Å². The molecule has 3 aromatic rings. The molecule has 29 heavy (non-hydrogen) atoms. The third kappa shape index (κ3) is 4.86. The summed E-state index contributed by atoms with van der Waals surface area (Å²) in [6.45, 7) is 1.08. The minimum atomic E-state index is -2.99. The molecule has 1 aliphatic heterocycles. The molecule has 0 aliphatic carbocycles. The highest BCUT2D eigenvalue weighted by molar-refractivity contribution is 7.91. The van der Waals surface area contributed by atoms with E-state index < -0.39 is 9.84 Å². The summed E-state index contributed by atoms with van der Waals surface area (Å²) in [5.74, 6) is 2.50. The molecule has 1 atom stereocenters. The summed E-state index contributed by atoms with van der Waals surface area (Å²) in [6.07, 6.45) is 2.35. The molecule has 1 fully saturated rings. The number of hydrogen-bond acceptors (Lipinski definition) is 6. The Labute approximate surface area is 171 Å². The monoisotopic (exact) mass is 412 g/mol. The van der Waals surface area contributed by atoms with E-state index in [-0.39, 0.29) is 17.5 Å². The summed E-state index contributed by atoms with van der Waals surface area (Å²) in [7, 11) is -1.35. The molecule has 0 amide bonds. The van der Waals surface area contributed by atoms with Gasteiger partial charge < -0.3 is 9.15 Å². The van der Waals surface area contributed by atoms with Crippen molar-refractivity contribution in [3.05, 3.63) is 72.2 Å². The fourth-order valence-corrected chi connectivity index (χ4v) is 5.40. The molecule has 1 aromatic heterocycles. The van der Waals surface area contributed by atoms with Gasteiger partial charge in [0.25, 0.3) is 0 Å². The van der Waals surface area contributed by atoms with E-state index in [1.165, 1.54) is 0 Å². The van der Waals surface area contributed by atoms with Gasteiger partial charge in [-0.3, -0.25) is 4.90 Å². The van der Waals surface area contributed by atoms with Crippen LogP contribution in [-0.4, -0.2) is 43.0 Å². The molecule has 1 aliphatic rings. The molecule has 0 saturated carbocycles. The maximum Gasteiger partial charge on any atom is 0.209 e. The normalized spacial score (nSPS) is 18.2. The lowest BCUT2D eigenvalue weighted by Gasteiger charge is -2.26. The lowest BCUT2D eigenvalue weighted by molar-refractivity contribution is 0.176. The predicted octanol–water partition coefficient (Wildman–Crippen LogP) is 3.54. The number of hydrogen-bond donors (Lipinski definition) is 0. The summed E-state index contributed by atoms with van der Waals surface area (Å²) in [6, 6.07) is 17.6. The van der Waals surface area contributed by atoms with E-state index in [2.05, 4.69) is 9.88 Å². The number of ether oxygens (including phenoxy) is 1. The molecule has 0 bridgehead atoms. The van der Waals surface area contributed by atoms with Crippen LogP contribution in [0.15, 0.2) is 65.2 Å². The molecule has 0 spiro atoms. The summed E-state index contributed by atoms with van der Waals surface area (Å²) in [5, 5.41) is 0. The van der Waals surface area contributed by atoms with Crippen molar-refractivity contribution in [2.75, 3.05) is 18.6 Å². The highest BCUT2D eigenvalue weighted by atomic mass is 32.2. The molecular weight excluding hydrogens is 388 g/mol. The van der Waals surface area contributed by atoms with Crippen LogP contribution in [0.2, 0.25) is 0 Å². The Morgan fingerprint density at radius 3 is 2.52 bits per heavy atom. The van der Waals surface area contributed by atoms with Gasteiger partial charge in [-0.15, -0.1) is 0 Å². The first-order valence-electron chi connectivity index (χ1n) is 9.60. The molecule has 152 valence electrons. The van der Waals surface area contributed by atoms with Crippen molar-refractivity contribution < 1.29 is 17.6 Å². The van der Waals surface area contributed by atoms with Crippen molar-refractivity contribution in [3.8, 4) is 17.1 Å². The zero-order valence-corrected chi connectivity index (χ0v) is 17.1. The van der Waals surface area contributed by atoms with Crippen LogP contribution in [0, 0.1) is 0 Å². The average Bonchev–Trinajstić information content (AvgIpc) is 3.35. The zero-order valence-electron chi connectivity index (χ0n) is 16.3. The maximum absolute atomic E-state index is 12.0. The summed E-state index contributed by atoms with van der Waals surface area (Å²) >= 11 is 0. The van der Waals surface area contributed by atoms with E-state index in [1.807, 2.05) is 54.6 Å². The first-order chi connectivity index (χ1) is 14.0. The van der Waals surface area contributed by atoms with Gasteiger partial charge in [-0.2, -0.15) is 0 Å². The molecule has 0 radical (unpaired) electrons. The lowest BCUT2D eigenvalue weighted by atomic mass is 10.1. The van der Waals surface area contributed by atoms with Gasteiger partial charge >= 0.3 is 0 Å². The Morgan fingerprint density at radius 2 is 1.86 bits per heavy atom. The Hall–Kier alpha value is -2.64. The van der Waals surface area contributed by atoms with E-state index in [0.717, 1.165) is 16.9 Å². The van der Waals surface area contributed by atoms with Crippen molar-refractivity contribution in [1.29, 1.82) is 0 Å². The number of aromatic nitrogens is 1. The van der Waals surface area contributed by atoms with E-state index in [0.29, 0.717) is 31.2 Å². The van der Waals surface area contributed by atoms with Crippen LogP contribution in [0.25, 0.3) is 11.3 Å². The SMILES string of the molecule is COc1ccc(CN(Cc2ncc(-c3ccccc3)o2)C2CCS(=O)(=O)C2)cc1. The summed E-state index contributed by atoms with van der Waals surface area (Å²) in [5.41, 5.74) is 2.06. The van der Waals surface area contributed by atoms with Gasteiger partial charge in [0.1, 0.15) is 5.75 Å². The third-order valence-electron chi connectivity index (χ3n) is 5.22. The van der Waals surface area contributed by atoms with Crippen molar-refractivity contribution in [2.45, 2.75) is 25.6 Å². The lowest BCUT2D eigenvalue weighted by Crippen LogP contribution is -2.35. The Morgan fingerprint density at radius 1 is 1.10 bits per heavy atom. The second kappa shape index (κ2) is 8.39. The number of oxazole rings is 1. The zero-order chi connectivity index (χ0) is 20.3. The van der Waals surface area contributed by atoms with E-state index in [1.54, 1.807) is 13.3 Å². The fraction of sp³-hybridized carbons (Fsp3) is 0.318. The van der Waals surface area contributed by atoms with E-state index >= 15 is 0 Å². The molecule has 1 unspecified atom stereocenters. The van der Waals surface area contributed by atoms with Crippen LogP contribution in [0.4, 0.5) is 0 Å². The van der Waals surface area contributed by atoms with Crippen LogP contribution in [0.3, 0.4) is 0 Å². The molecule has 6 nitrogen and oxygen atoms in total. The number of benzene rings is 2. The number of rotatable bonds is 7. The van der Waals surface area contributed by atoms with Gasteiger partial charge in [-0.1, -0.05) is 42.5 Å². The van der Waals surface area contributed by atoms with Crippen LogP contribution < -0.4 is 4.74 Å². The second-order valence-electron chi connectivity index (χ2n) is 7.29. The second-order valence-corrected chi connectivity index (χ2v) is 9.52. The number of nitrogens with zero attached hydrogens (tertiary/aromatic N) is 2. The Bertz CT molecular complexity index is 1050. The third-order valence-corrected chi connectivity index (χ3v) is 6.97. The number of methoxy groups -OCH3 is 1. The minimum absolute atomic E-state index is 0.0471. The smallest absolute Gasteiger partial charge is 0.209 e. The number of sulfone groups is 1. The highest BCUT2D eigenvalue weighted by Crippen LogP contribution is 2.25. The van der Waals surface area contributed by atoms with Crippen LogP contribution >= 0.6 is 0 Å². The molecule has 2 heterocycles. The first kappa shape index (κ1) is 19.7. The van der Waals surface area contributed by atoms with Gasteiger partial charge in [0.05, 0.1) is 31.4 Å². The molecule has 4 rings (SSSR count). The highest BCUT2D eigenvalue weighted by Gasteiger charge is 2.33. The Balaban J connectivity index is 1.54. The molecule has 1 saturated heterocycles. The van der Waals surface area contributed by atoms with Crippen molar-refractivity contribution in [3.63, 3.8) is 0 Å². The van der Waals surface area contributed by atoms with Gasteiger partial charge in [-0.05, 0) is 24.1 Å². The van der Waals surface area contributed by atoms with Gasteiger partial charge in [0.15, 0.2) is 15.6 Å². The Kier molecular flexibility index (Phi) is 5.69.